The van der Waals surface area contributed by atoms with Crippen molar-refractivity contribution in [2.75, 3.05) is 6.54 Å². The van der Waals surface area contributed by atoms with Gasteiger partial charge in [0.2, 0.25) is 0 Å². The molecular weight excluding hydrogens is 254 g/mol. The highest BCUT2D eigenvalue weighted by molar-refractivity contribution is 6.11. The number of rotatable bonds is 1. The Bertz CT molecular complexity index is 645. The molecule has 0 aromatic rings. The van der Waals surface area contributed by atoms with Crippen molar-refractivity contribution in [3.63, 3.8) is 0 Å². The van der Waals surface area contributed by atoms with Crippen molar-refractivity contribution in [3.05, 3.63) is 83.6 Å². The zero-order chi connectivity index (χ0) is 14.5. The van der Waals surface area contributed by atoms with E-state index in [-0.39, 0.29) is 0 Å². The molecule has 0 amide bonds. The second-order valence-electron chi connectivity index (χ2n) is 5.55. The van der Waals surface area contributed by atoms with Gasteiger partial charge in [-0.2, -0.15) is 0 Å². The van der Waals surface area contributed by atoms with Crippen LogP contribution in [0.15, 0.2) is 88.5 Å². The SMILES string of the molecule is CC1=CC(C2=CCC=CC=C2)=NCC2/C=C\C=C/C/C=C/12. The number of allylic oxidation sites excluding steroid dienone is 12. The predicted molar refractivity (Wildman–Crippen MR) is 91.5 cm³/mol. The first-order valence-electron chi connectivity index (χ1n) is 7.65. The first-order chi connectivity index (χ1) is 10.3. The van der Waals surface area contributed by atoms with Crippen LogP contribution >= 0.6 is 0 Å². The standard InChI is InChI=1S/C20H21N/c1-16-14-20(17-10-6-2-3-7-11-17)21-15-18-12-8-4-5-9-13-19(16)18/h2-6,8,10-14,18H,7,9,15H2,1H3/b5-4-,12-8-,19-13-. The molecule has 1 unspecified atom stereocenters. The average molecular weight is 275 g/mol. The lowest BCUT2D eigenvalue weighted by atomic mass is 9.90. The molecule has 0 saturated carbocycles. The maximum absolute atomic E-state index is 4.87. The van der Waals surface area contributed by atoms with Gasteiger partial charge >= 0.3 is 0 Å². The molecule has 106 valence electrons. The largest absolute Gasteiger partial charge is 0.284 e. The molecule has 3 aliphatic rings. The number of nitrogens with zero attached hydrogens (tertiary/aromatic N) is 1. The van der Waals surface area contributed by atoms with E-state index in [1.165, 1.54) is 16.7 Å². The van der Waals surface area contributed by atoms with Crippen LogP contribution in [0.25, 0.3) is 0 Å². The fourth-order valence-corrected chi connectivity index (χ4v) is 2.89. The molecule has 0 saturated heterocycles. The Labute approximate surface area is 127 Å². The summed E-state index contributed by atoms with van der Waals surface area (Å²) >= 11 is 0. The molecule has 1 aliphatic heterocycles. The summed E-state index contributed by atoms with van der Waals surface area (Å²) in [4.78, 5) is 4.87. The Kier molecular flexibility index (Phi) is 4.30. The van der Waals surface area contributed by atoms with Gasteiger partial charge in [-0.15, -0.1) is 0 Å². The highest BCUT2D eigenvalue weighted by atomic mass is 14.7. The molecule has 1 heterocycles. The number of hydrogen-bond acceptors (Lipinski definition) is 1. The van der Waals surface area contributed by atoms with E-state index in [4.69, 9.17) is 4.99 Å². The van der Waals surface area contributed by atoms with Gasteiger partial charge in [0.1, 0.15) is 0 Å². The molecule has 0 aromatic heterocycles. The second-order valence-corrected chi connectivity index (χ2v) is 5.55. The van der Waals surface area contributed by atoms with Crippen molar-refractivity contribution >= 4 is 5.71 Å². The first kappa shape index (κ1) is 13.8. The molecule has 1 heteroatoms. The summed E-state index contributed by atoms with van der Waals surface area (Å²) in [6.45, 7) is 3.04. The Morgan fingerprint density at radius 1 is 1.00 bits per heavy atom. The van der Waals surface area contributed by atoms with E-state index in [0.717, 1.165) is 25.1 Å². The van der Waals surface area contributed by atoms with E-state index in [2.05, 4.69) is 73.8 Å². The minimum atomic E-state index is 0.400. The van der Waals surface area contributed by atoms with Gasteiger partial charge in [0.25, 0.3) is 0 Å². The zero-order valence-electron chi connectivity index (χ0n) is 12.5. The monoisotopic (exact) mass is 275 g/mol. The molecule has 1 atom stereocenters. The molecule has 0 spiro atoms. The summed E-state index contributed by atoms with van der Waals surface area (Å²) < 4.78 is 0. The summed E-state index contributed by atoms with van der Waals surface area (Å²) in [7, 11) is 0. The third kappa shape index (κ3) is 3.30. The molecule has 0 radical (unpaired) electrons. The molecule has 21 heavy (non-hydrogen) atoms. The molecule has 0 aromatic carbocycles. The number of fused-ring (bicyclic) bond motifs is 1. The maximum atomic E-state index is 4.87. The third-order valence-electron chi connectivity index (χ3n) is 4.02. The van der Waals surface area contributed by atoms with Crippen LogP contribution in [0.1, 0.15) is 19.8 Å². The highest BCUT2D eigenvalue weighted by Crippen LogP contribution is 2.27. The minimum absolute atomic E-state index is 0.400. The van der Waals surface area contributed by atoms with Crippen LogP contribution in [0.3, 0.4) is 0 Å². The molecule has 0 fully saturated rings. The smallest absolute Gasteiger partial charge is 0.0646 e. The lowest BCUT2D eigenvalue weighted by Crippen LogP contribution is -2.06. The van der Waals surface area contributed by atoms with Crippen LogP contribution in [0.5, 0.6) is 0 Å². The van der Waals surface area contributed by atoms with Crippen LogP contribution in [0.2, 0.25) is 0 Å². The number of hydrogen-bond donors (Lipinski definition) is 0. The molecular formula is C20H21N. The predicted octanol–water partition coefficient (Wildman–Crippen LogP) is 4.89. The maximum Gasteiger partial charge on any atom is 0.0646 e. The normalized spacial score (nSPS) is 30.2. The third-order valence-corrected chi connectivity index (χ3v) is 4.02. The summed E-state index contributed by atoms with van der Waals surface area (Å²) in [6, 6.07) is 0. The second kappa shape index (κ2) is 6.53. The quantitative estimate of drug-likeness (QED) is 0.646. The molecule has 1 nitrogen and oxygen atoms in total. The fourth-order valence-electron chi connectivity index (χ4n) is 2.89. The molecule has 0 N–H and O–H groups in total. The minimum Gasteiger partial charge on any atom is -0.284 e. The van der Waals surface area contributed by atoms with E-state index >= 15 is 0 Å². The first-order valence-corrected chi connectivity index (χ1v) is 7.65. The zero-order valence-corrected chi connectivity index (χ0v) is 12.5. The van der Waals surface area contributed by atoms with Crippen LogP contribution in [-0.2, 0) is 0 Å². The van der Waals surface area contributed by atoms with Gasteiger partial charge in [0.05, 0.1) is 5.71 Å². The van der Waals surface area contributed by atoms with Crippen molar-refractivity contribution in [1.29, 1.82) is 0 Å². The van der Waals surface area contributed by atoms with Gasteiger partial charge in [0, 0.05) is 12.5 Å². The van der Waals surface area contributed by atoms with Crippen molar-refractivity contribution in [1.82, 2.24) is 0 Å². The van der Waals surface area contributed by atoms with E-state index in [1.54, 1.807) is 0 Å². The summed E-state index contributed by atoms with van der Waals surface area (Å²) in [6.07, 6.45) is 26.1. The van der Waals surface area contributed by atoms with E-state index in [9.17, 15) is 0 Å². The molecule has 0 bridgehead atoms. The highest BCUT2D eigenvalue weighted by Gasteiger charge is 2.17. The van der Waals surface area contributed by atoms with Crippen LogP contribution < -0.4 is 0 Å². The Hall–Kier alpha value is -2.15. The van der Waals surface area contributed by atoms with Crippen LogP contribution in [-0.4, -0.2) is 12.3 Å². The van der Waals surface area contributed by atoms with E-state index < -0.39 is 0 Å². The van der Waals surface area contributed by atoms with Crippen molar-refractivity contribution in [2.45, 2.75) is 19.8 Å². The summed E-state index contributed by atoms with van der Waals surface area (Å²) in [5, 5.41) is 0. The fraction of sp³-hybridized carbons (Fsp3) is 0.250. The Balaban J connectivity index is 1.95. The van der Waals surface area contributed by atoms with Gasteiger partial charge in [-0.3, -0.25) is 4.99 Å². The van der Waals surface area contributed by atoms with Gasteiger partial charge in [-0.25, -0.2) is 0 Å². The number of aliphatic imine (C=N–C) groups is 1. The van der Waals surface area contributed by atoms with Crippen molar-refractivity contribution < 1.29 is 0 Å². The summed E-state index contributed by atoms with van der Waals surface area (Å²) in [5.41, 5.74) is 5.10. The molecule has 3 rings (SSSR count). The average Bonchev–Trinajstić information content (AvgIpc) is 2.79. The lowest BCUT2D eigenvalue weighted by molar-refractivity contribution is 0.778. The van der Waals surface area contributed by atoms with Gasteiger partial charge in [-0.1, -0.05) is 60.8 Å². The van der Waals surface area contributed by atoms with Crippen LogP contribution in [0, 0.1) is 5.92 Å². The van der Waals surface area contributed by atoms with Gasteiger partial charge in [0.15, 0.2) is 0 Å². The van der Waals surface area contributed by atoms with E-state index in [0.29, 0.717) is 5.92 Å². The topological polar surface area (TPSA) is 12.4 Å². The Morgan fingerprint density at radius 3 is 2.71 bits per heavy atom. The lowest BCUT2D eigenvalue weighted by Gasteiger charge is -2.15. The Morgan fingerprint density at radius 2 is 1.81 bits per heavy atom. The van der Waals surface area contributed by atoms with E-state index in [1.807, 2.05) is 0 Å². The van der Waals surface area contributed by atoms with Crippen molar-refractivity contribution in [3.8, 4) is 0 Å². The molecule has 2 aliphatic carbocycles. The van der Waals surface area contributed by atoms with Gasteiger partial charge in [-0.05, 0) is 42.6 Å². The summed E-state index contributed by atoms with van der Waals surface area (Å²) in [5.74, 6) is 0.400. The van der Waals surface area contributed by atoms with Crippen LogP contribution in [0.4, 0.5) is 0 Å². The van der Waals surface area contributed by atoms with Gasteiger partial charge < -0.3 is 0 Å². The van der Waals surface area contributed by atoms with Crippen molar-refractivity contribution in [2.24, 2.45) is 10.9 Å².